The molecule has 0 fully saturated rings. The fourth-order valence-corrected chi connectivity index (χ4v) is 2.22. The fraction of sp³-hybridized carbons (Fsp3) is 0.846. The summed E-state index contributed by atoms with van der Waals surface area (Å²) in [6.45, 7) is 4.64. The molecule has 0 aromatic rings. The SMILES string of the molecule is CCCCNC(=O)C(CCCl)(CCCC)C(N)=O. The average Bonchev–Trinajstić information content (AvgIpc) is 2.34. The lowest BCUT2D eigenvalue weighted by Gasteiger charge is -2.28. The number of hydrogen-bond acceptors (Lipinski definition) is 2. The van der Waals surface area contributed by atoms with Gasteiger partial charge in [-0.1, -0.05) is 33.1 Å². The molecule has 1 unspecified atom stereocenters. The van der Waals surface area contributed by atoms with Crippen molar-refractivity contribution in [2.45, 2.75) is 52.4 Å². The zero-order valence-electron chi connectivity index (χ0n) is 11.4. The minimum atomic E-state index is -1.13. The van der Waals surface area contributed by atoms with Crippen molar-refractivity contribution in [3.8, 4) is 0 Å². The van der Waals surface area contributed by atoms with Crippen LogP contribution in [0.4, 0.5) is 0 Å². The normalized spacial score (nSPS) is 13.9. The highest BCUT2D eigenvalue weighted by molar-refractivity contribution is 6.18. The summed E-state index contributed by atoms with van der Waals surface area (Å²) in [5.41, 5.74) is 4.31. The van der Waals surface area contributed by atoms with Crippen molar-refractivity contribution in [2.75, 3.05) is 12.4 Å². The predicted molar refractivity (Wildman–Crippen MR) is 74.4 cm³/mol. The predicted octanol–water partition coefficient (Wildman–Crippen LogP) is 2.19. The third-order valence-corrected chi connectivity index (χ3v) is 3.39. The Morgan fingerprint density at radius 3 is 2.22 bits per heavy atom. The van der Waals surface area contributed by atoms with Crippen LogP contribution in [0.2, 0.25) is 0 Å². The van der Waals surface area contributed by atoms with Crippen LogP contribution in [0.3, 0.4) is 0 Å². The minimum Gasteiger partial charge on any atom is -0.369 e. The smallest absolute Gasteiger partial charge is 0.235 e. The van der Waals surface area contributed by atoms with Crippen molar-refractivity contribution in [3.05, 3.63) is 0 Å². The number of rotatable bonds is 10. The van der Waals surface area contributed by atoms with E-state index in [1.165, 1.54) is 0 Å². The van der Waals surface area contributed by atoms with Gasteiger partial charge in [0.2, 0.25) is 11.8 Å². The molecular formula is C13H25ClN2O2. The zero-order valence-corrected chi connectivity index (χ0v) is 12.2. The van der Waals surface area contributed by atoms with Crippen LogP contribution in [0.1, 0.15) is 52.4 Å². The second kappa shape index (κ2) is 9.20. The number of alkyl halides is 1. The van der Waals surface area contributed by atoms with Gasteiger partial charge in [-0.2, -0.15) is 0 Å². The second-order valence-electron chi connectivity index (χ2n) is 4.60. The number of nitrogens with one attached hydrogen (secondary N) is 1. The Kier molecular flexibility index (Phi) is 8.81. The van der Waals surface area contributed by atoms with E-state index in [0.29, 0.717) is 19.4 Å². The molecule has 0 aliphatic carbocycles. The van der Waals surface area contributed by atoms with E-state index < -0.39 is 11.3 Å². The van der Waals surface area contributed by atoms with Gasteiger partial charge in [0.15, 0.2) is 0 Å². The molecule has 0 rings (SSSR count). The number of carbonyl (C=O) groups excluding carboxylic acids is 2. The summed E-state index contributed by atoms with van der Waals surface area (Å²) in [4.78, 5) is 23.9. The van der Waals surface area contributed by atoms with Crippen LogP contribution in [-0.4, -0.2) is 24.2 Å². The third-order valence-electron chi connectivity index (χ3n) is 3.20. The molecule has 0 bridgehead atoms. The van der Waals surface area contributed by atoms with Crippen molar-refractivity contribution in [1.29, 1.82) is 0 Å². The quantitative estimate of drug-likeness (QED) is 0.365. The molecule has 0 aliphatic heterocycles. The number of carbonyl (C=O) groups is 2. The molecular weight excluding hydrogens is 252 g/mol. The molecule has 18 heavy (non-hydrogen) atoms. The first-order chi connectivity index (χ1) is 8.55. The van der Waals surface area contributed by atoms with Gasteiger partial charge in [0.1, 0.15) is 5.41 Å². The van der Waals surface area contributed by atoms with Crippen LogP contribution in [0.5, 0.6) is 0 Å². The Hall–Kier alpha value is -0.770. The molecule has 0 saturated carbocycles. The number of halogens is 1. The molecule has 0 spiro atoms. The van der Waals surface area contributed by atoms with Gasteiger partial charge >= 0.3 is 0 Å². The van der Waals surface area contributed by atoms with E-state index in [2.05, 4.69) is 5.32 Å². The molecule has 2 amide bonds. The summed E-state index contributed by atoms with van der Waals surface area (Å²) < 4.78 is 0. The van der Waals surface area contributed by atoms with E-state index in [4.69, 9.17) is 17.3 Å². The van der Waals surface area contributed by atoms with Gasteiger partial charge in [-0.15, -0.1) is 11.6 Å². The molecule has 3 N–H and O–H groups in total. The van der Waals surface area contributed by atoms with Crippen molar-refractivity contribution in [2.24, 2.45) is 11.1 Å². The summed E-state index contributed by atoms with van der Waals surface area (Å²) in [5, 5.41) is 2.80. The van der Waals surface area contributed by atoms with Crippen LogP contribution in [0.25, 0.3) is 0 Å². The Morgan fingerprint density at radius 1 is 1.17 bits per heavy atom. The molecule has 4 nitrogen and oxygen atoms in total. The molecule has 0 heterocycles. The molecule has 0 aliphatic rings. The first-order valence-corrected chi connectivity index (χ1v) is 7.22. The Balaban J connectivity index is 4.78. The Morgan fingerprint density at radius 2 is 1.78 bits per heavy atom. The molecule has 5 heteroatoms. The standard InChI is InChI=1S/C13H25ClN2O2/c1-3-5-7-13(8-9-14,11(15)17)12(18)16-10-6-4-2/h3-10H2,1-2H3,(H2,15,17)(H,16,18). The van der Waals surface area contributed by atoms with Crippen LogP contribution < -0.4 is 11.1 Å². The maximum Gasteiger partial charge on any atom is 0.235 e. The lowest BCUT2D eigenvalue weighted by Crippen LogP contribution is -2.50. The Bertz CT molecular complexity index is 272. The largest absolute Gasteiger partial charge is 0.369 e. The van der Waals surface area contributed by atoms with Crippen molar-refractivity contribution in [1.82, 2.24) is 5.32 Å². The van der Waals surface area contributed by atoms with E-state index in [9.17, 15) is 9.59 Å². The van der Waals surface area contributed by atoms with Gasteiger partial charge in [0.05, 0.1) is 0 Å². The average molecular weight is 277 g/mol. The lowest BCUT2D eigenvalue weighted by molar-refractivity contribution is -0.142. The highest BCUT2D eigenvalue weighted by Crippen LogP contribution is 2.30. The van der Waals surface area contributed by atoms with Gasteiger partial charge < -0.3 is 11.1 Å². The van der Waals surface area contributed by atoms with E-state index >= 15 is 0 Å². The summed E-state index contributed by atoms with van der Waals surface area (Å²) in [6, 6.07) is 0. The lowest BCUT2D eigenvalue weighted by atomic mass is 9.78. The summed E-state index contributed by atoms with van der Waals surface area (Å²) in [7, 11) is 0. The Labute approximate surface area is 115 Å². The molecule has 1 atom stereocenters. The number of amides is 2. The van der Waals surface area contributed by atoms with Crippen molar-refractivity contribution in [3.63, 3.8) is 0 Å². The molecule has 0 aromatic carbocycles. The van der Waals surface area contributed by atoms with Crippen molar-refractivity contribution < 1.29 is 9.59 Å². The molecule has 106 valence electrons. The highest BCUT2D eigenvalue weighted by Gasteiger charge is 2.42. The number of nitrogens with two attached hydrogens (primary N) is 1. The minimum absolute atomic E-state index is 0.258. The number of hydrogen-bond donors (Lipinski definition) is 2. The van der Waals surface area contributed by atoms with Gasteiger partial charge in [-0.3, -0.25) is 9.59 Å². The van der Waals surface area contributed by atoms with Crippen LogP contribution in [0, 0.1) is 5.41 Å². The van der Waals surface area contributed by atoms with Crippen LogP contribution >= 0.6 is 11.6 Å². The maximum absolute atomic E-state index is 12.2. The van der Waals surface area contributed by atoms with Crippen molar-refractivity contribution >= 4 is 23.4 Å². The van der Waals surface area contributed by atoms with Gasteiger partial charge in [-0.25, -0.2) is 0 Å². The first kappa shape index (κ1) is 17.2. The maximum atomic E-state index is 12.2. The van der Waals surface area contributed by atoms with Gasteiger partial charge in [0, 0.05) is 12.4 Å². The molecule has 0 aromatic heterocycles. The zero-order chi connectivity index (χ0) is 14.0. The third kappa shape index (κ3) is 4.84. The summed E-state index contributed by atoms with van der Waals surface area (Å²) in [6.07, 6.45) is 4.38. The fourth-order valence-electron chi connectivity index (χ4n) is 1.90. The van der Waals surface area contributed by atoms with E-state index in [0.717, 1.165) is 25.7 Å². The topological polar surface area (TPSA) is 72.2 Å². The van der Waals surface area contributed by atoms with Gasteiger partial charge in [-0.05, 0) is 19.3 Å². The first-order valence-electron chi connectivity index (χ1n) is 6.69. The summed E-state index contributed by atoms with van der Waals surface area (Å²) >= 11 is 5.73. The van der Waals surface area contributed by atoms with E-state index in [1.54, 1.807) is 0 Å². The highest BCUT2D eigenvalue weighted by atomic mass is 35.5. The van der Waals surface area contributed by atoms with Gasteiger partial charge in [0.25, 0.3) is 0 Å². The summed E-state index contributed by atoms with van der Waals surface area (Å²) in [5.74, 6) is -0.573. The monoisotopic (exact) mass is 276 g/mol. The van der Waals surface area contributed by atoms with E-state index in [1.807, 2.05) is 13.8 Å². The van der Waals surface area contributed by atoms with E-state index in [-0.39, 0.29) is 11.8 Å². The number of primary amides is 1. The van der Waals surface area contributed by atoms with Crippen LogP contribution in [-0.2, 0) is 9.59 Å². The molecule has 0 saturated heterocycles. The van der Waals surface area contributed by atoms with Crippen LogP contribution in [0.15, 0.2) is 0 Å². The second-order valence-corrected chi connectivity index (χ2v) is 4.98. The molecule has 0 radical (unpaired) electrons. The number of unbranched alkanes of at least 4 members (excludes halogenated alkanes) is 2.